The number of benzene rings is 2. The first-order chi connectivity index (χ1) is 18.5. The first-order valence-electron chi connectivity index (χ1n) is 13.7. The van der Waals surface area contributed by atoms with Gasteiger partial charge in [0.1, 0.15) is 5.76 Å². The molecule has 1 N–H and O–H groups in total. The van der Waals surface area contributed by atoms with Crippen LogP contribution in [0.25, 0.3) is 11.5 Å². The summed E-state index contributed by atoms with van der Waals surface area (Å²) in [5.74, 6) is 1.73. The Bertz CT molecular complexity index is 1180. The molecule has 2 aliphatic heterocycles. The standard InChI is InChI=1S/C30H38ClN5O2/c1-23-28(33-30(38-23)26-8-5-9-27(31)20-26)22-35-13-10-25(11-14-35)29(37)32-12-15-34-16-18-36(19-17-34)21-24-6-3-2-4-7-24/h2-9,20,25H,10-19,21-22H2,1H3,(H,32,37). The average molecular weight is 536 g/mol. The van der Waals surface area contributed by atoms with Gasteiger partial charge in [-0.15, -0.1) is 0 Å². The summed E-state index contributed by atoms with van der Waals surface area (Å²) in [7, 11) is 0. The van der Waals surface area contributed by atoms with Crippen LogP contribution in [0.15, 0.2) is 59.0 Å². The van der Waals surface area contributed by atoms with Crippen LogP contribution in [0.3, 0.4) is 0 Å². The number of piperidine rings is 1. The third-order valence-electron chi connectivity index (χ3n) is 7.74. The van der Waals surface area contributed by atoms with E-state index >= 15 is 0 Å². The molecule has 202 valence electrons. The summed E-state index contributed by atoms with van der Waals surface area (Å²) in [5.41, 5.74) is 3.21. The largest absolute Gasteiger partial charge is 0.441 e. The van der Waals surface area contributed by atoms with Gasteiger partial charge in [0, 0.05) is 68.9 Å². The minimum Gasteiger partial charge on any atom is -0.441 e. The average Bonchev–Trinajstić information content (AvgIpc) is 3.30. The van der Waals surface area contributed by atoms with Crippen LogP contribution in [0.2, 0.25) is 5.02 Å². The lowest BCUT2D eigenvalue weighted by molar-refractivity contribution is -0.126. The van der Waals surface area contributed by atoms with Crippen molar-refractivity contribution < 1.29 is 9.21 Å². The lowest BCUT2D eigenvalue weighted by atomic mass is 9.96. The summed E-state index contributed by atoms with van der Waals surface area (Å²) in [6.07, 6.45) is 1.75. The normalized spacial score (nSPS) is 18.1. The molecule has 0 spiro atoms. The number of hydrogen-bond donors (Lipinski definition) is 1. The molecular formula is C30H38ClN5O2. The number of nitrogens with one attached hydrogen (secondary N) is 1. The molecule has 2 aromatic carbocycles. The molecular weight excluding hydrogens is 498 g/mol. The van der Waals surface area contributed by atoms with Crippen molar-refractivity contribution in [1.29, 1.82) is 0 Å². The number of aryl methyl sites for hydroxylation is 1. The maximum atomic E-state index is 12.8. The Balaban J connectivity index is 0.994. The van der Waals surface area contributed by atoms with Crippen LogP contribution in [0.5, 0.6) is 0 Å². The Morgan fingerprint density at radius 3 is 2.39 bits per heavy atom. The molecule has 7 nitrogen and oxygen atoms in total. The molecule has 0 bridgehead atoms. The van der Waals surface area contributed by atoms with Crippen LogP contribution in [0, 0.1) is 12.8 Å². The molecule has 2 fully saturated rings. The van der Waals surface area contributed by atoms with E-state index in [0.29, 0.717) is 10.9 Å². The predicted molar refractivity (Wildman–Crippen MR) is 151 cm³/mol. The quantitative estimate of drug-likeness (QED) is 0.437. The monoisotopic (exact) mass is 535 g/mol. The van der Waals surface area contributed by atoms with Gasteiger partial charge in [0.05, 0.1) is 5.69 Å². The number of piperazine rings is 1. The highest BCUT2D eigenvalue weighted by Gasteiger charge is 2.26. The molecule has 0 radical (unpaired) electrons. The van der Waals surface area contributed by atoms with Gasteiger partial charge in [0.2, 0.25) is 11.8 Å². The van der Waals surface area contributed by atoms with Gasteiger partial charge in [-0.1, -0.05) is 48.0 Å². The van der Waals surface area contributed by atoms with Gasteiger partial charge in [0.25, 0.3) is 0 Å². The summed E-state index contributed by atoms with van der Waals surface area (Å²) in [4.78, 5) is 24.9. The number of aromatic nitrogens is 1. The molecule has 1 amide bonds. The summed E-state index contributed by atoms with van der Waals surface area (Å²) in [5, 5.41) is 3.87. The Hall–Kier alpha value is -2.71. The minimum atomic E-state index is 0.0920. The number of nitrogens with zero attached hydrogens (tertiary/aromatic N) is 4. The fourth-order valence-corrected chi connectivity index (χ4v) is 5.57. The SMILES string of the molecule is Cc1oc(-c2cccc(Cl)c2)nc1CN1CCC(C(=O)NCCN2CCN(Cc3ccccc3)CC2)CC1. The zero-order valence-electron chi connectivity index (χ0n) is 22.2. The fraction of sp³-hybridized carbons (Fsp3) is 0.467. The third kappa shape index (κ3) is 7.23. The molecule has 5 rings (SSSR count). The van der Waals surface area contributed by atoms with Crippen molar-refractivity contribution >= 4 is 17.5 Å². The van der Waals surface area contributed by atoms with E-state index in [-0.39, 0.29) is 11.8 Å². The minimum absolute atomic E-state index is 0.0920. The predicted octanol–water partition coefficient (Wildman–Crippen LogP) is 4.45. The molecule has 0 saturated carbocycles. The van der Waals surface area contributed by atoms with Crippen molar-refractivity contribution in [3.63, 3.8) is 0 Å². The lowest BCUT2D eigenvalue weighted by Crippen LogP contribution is -2.48. The molecule has 0 aliphatic carbocycles. The highest BCUT2D eigenvalue weighted by atomic mass is 35.5. The van der Waals surface area contributed by atoms with Crippen LogP contribution in [-0.2, 0) is 17.9 Å². The van der Waals surface area contributed by atoms with Crippen molar-refractivity contribution in [2.75, 3.05) is 52.4 Å². The van der Waals surface area contributed by atoms with Gasteiger partial charge in [-0.25, -0.2) is 4.98 Å². The molecule has 8 heteroatoms. The molecule has 0 unspecified atom stereocenters. The van der Waals surface area contributed by atoms with Crippen molar-refractivity contribution in [1.82, 2.24) is 25.0 Å². The van der Waals surface area contributed by atoms with Gasteiger partial charge >= 0.3 is 0 Å². The van der Waals surface area contributed by atoms with E-state index in [1.807, 2.05) is 31.2 Å². The maximum absolute atomic E-state index is 12.8. The second kappa shape index (κ2) is 12.9. The zero-order chi connectivity index (χ0) is 26.3. The molecule has 2 saturated heterocycles. The summed E-state index contributed by atoms with van der Waals surface area (Å²) >= 11 is 6.12. The van der Waals surface area contributed by atoms with Gasteiger partial charge in [-0.2, -0.15) is 0 Å². The van der Waals surface area contributed by atoms with Crippen molar-refractivity contribution in [3.8, 4) is 11.5 Å². The lowest BCUT2D eigenvalue weighted by Gasteiger charge is -2.35. The van der Waals surface area contributed by atoms with E-state index < -0.39 is 0 Å². The smallest absolute Gasteiger partial charge is 0.226 e. The van der Waals surface area contributed by atoms with Crippen LogP contribution < -0.4 is 5.32 Å². The van der Waals surface area contributed by atoms with E-state index in [1.165, 1.54) is 5.56 Å². The number of rotatable bonds is 9. The summed E-state index contributed by atoms with van der Waals surface area (Å²) < 4.78 is 5.92. The Labute approximate surface area is 230 Å². The second-order valence-electron chi connectivity index (χ2n) is 10.5. The van der Waals surface area contributed by atoms with E-state index in [9.17, 15) is 4.79 Å². The van der Waals surface area contributed by atoms with Crippen molar-refractivity contribution in [2.24, 2.45) is 5.92 Å². The van der Waals surface area contributed by atoms with Crippen molar-refractivity contribution in [3.05, 3.63) is 76.6 Å². The highest BCUT2D eigenvalue weighted by molar-refractivity contribution is 6.30. The molecule has 1 aromatic heterocycles. The molecule has 3 heterocycles. The van der Waals surface area contributed by atoms with Crippen LogP contribution in [-0.4, -0.2) is 77.9 Å². The number of hydrogen-bond acceptors (Lipinski definition) is 6. The molecule has 38 heavy (non-hydrogen) atoms. The van der Waals surface area contributed by atoms with Gasteiger partial charge in [-0.05, 0) is 56.6 Å². The number of carbonyl (C=O) groups is 1. The first-order valence-corrected chi connectivity index (χ1v) is 14.1. The fourth-order valence-electron chi connectivity index (χ4n) is 5.38. The van der Waals surface area contributed by atoms with Crippen LogP contribution in [0.4, 0.5) is 0 Å². The van der Waals surface area contributed by atoms with Crippen LogP contribution >= 0.6 is 11.6 Å². The van der Waals surface area contributed by atoms with Crippen LogP contribution in [0.1, 0.15) is 29.9 Å². The Morgan fingerprint density at radius 1 is 0.947 bits per heavy atom. The third-order valence-corrected chi connectivity index (χ3v) is 7.97. The number of halogens is 1. The number of oxazole rings is 1. The first kappa shape index (κ1) is 26.9. The second-order valence-corrected chi connectivity index (χ2v) is 10.9. The zero-order valence-corrected chi connectivity index (χ0v) is 23.0. The van der Waals surface area contributed by atoms with Crippen molar-refractivity contribution in [2.45, 2.75) is 32.9 Å². The van der Waals surface area contributed by atoms with E-state index in [1.54, 1.807) is 0 Å². The van der Waals surface area contributed by atoms with Gasteiger partial charge in [-0.3, -0.25) is 19.5 Å². The summed E-state index contributed by atoms with van der Waals surface area (Å²) in [6, 6.07) is 18.2. The molecule has 2 aliphatic rings. The van der Waals surface area contributed by atoms with Gasteiger partial charge in [0.15, 0.2) is 0 Å². The molecule has 0 atom stereocenters. The van der Waals surface area contributed by atoms with E-state index in [4.69, 9.17) is 21.0 Å². The Morgan fingerprint density at radius 2 is 1.66 bits per heavy atom. The number of amides is 1. The maximum Gasteiger partial charge on any atom is 0.226 e. The van der Waals surface area contributed by atoms with Gasteiger partial charge < -0.3 is 9.73 Å². The summed E-state index contributed by atoms with van der Waals surface area (Å²) in [6.45, 7) is 11.4. The van der Waals surface area contributed by atoms with E-state index in [0.717, 1.165) is 95.3 Å². The topological polar surface area (TPSA) is 64.9 Å². The number of carbonyl (C=O) groups excluding carboxylic acids is 1. The Kier molecular flexibility index (Phi) is 9.12. The highest BCUT2D eigenvalue weighted by Crippen LogP contribution is 2.26. The number of likely N-dealkylation sites (tertiary alicyclic amines) is 1. The van der Waals surface area contributed by atoms with E-state index in [2.05, 4.69) is 50.3 Å². The molecule has 3 aromatic rings.